The maximum absolute atomic E-state index is 9.54. The Bertz CT molecular complexity index is 613. The third kappa shape index (κ3) is 2.53. The van der Waals surface area contributed by atoms with Crippen molar-refractivity contribution in [3.05, 3.63) is 46.5 Å². The predicted molar refractivity (Wildman–Crippen MR) is 73.4 cm³/mol. The van der Waals surface area contributed by atoms with E-state index in [2.05, 4.69) is 4.98 Å². The van der Waals surface area contributed by atoms with Crippen molar-refractivity contribution < 1.29 is 5.11 Å². The minimum atomic E-state index is -0.145. The summed E-state index contributed by atoms with van der Waals surface area (Å²) in [5.41, 5.74) is 1.89. The minimum Gasteiger partial charge on any atom is -0.510 e. The molecule has 0 fully saturated rings. The molecule has 1 aromatic heterocycles. The summed E-state index contributed by atoms with van der Waals surface area (Å²) in [5.74, 6) is -0.239. The van der Waals surface area contributed by atoms with E-state index in [9.17, 15) is 5.11 Å². The van der Waals surface area contributed by atoms with Crippen LogP contribution in [0, 0.1) is 11.3 Å². The number of rotatable bonds is 3. The average Bonchev–Trinajstić information content (AvgIpc) is 2.90. The van der Waals surface area contributed by atoms with Gasteiger partial charge in [-0.2, -0.15) is 5.26 Å². The van der Waals surface area contributed by atoms with Crippen molar-refractivity contribution in [3.63, 3.8) is 0 Å². The molecule has 3 nitrogen and oxygen atoms in total. The molecule has 1 aromatic carbocycles. The standard InChI is InChI=1S/C13H9ClN2OS/c14-6-12(17)10(7-15)13-16-11(8-18-13)9-4-2-1-3-5-9/h1-5,8,17H,6H2. The lowest BCUT2D eigenvalue weighted by Gasteiger charge is -1.97. The van der Waals surface area contributed by atoms with Crippen molar-refractivity contribution in [1.82, 2.24) is 4.98 Å². The molecule has 0 saturated carbocycles. The molecule has 0 aliphatic carbocycles. The number of halogens is 1. The zero-order valence-electron chi connectivity index (χ0n) is 9.30. The van der Waals surface area contributed by atoms with Crippen molar-refractivity contribution in [3.8, 4) is 17.3 Å². The summed E-state index contributed by atoms with van der Waals surface area (Å²) in [7, 11) is 0. The van der Waals surface area contributed by atoms with E-state index >= 15 is 0 Å². The van der Waals surface area contributed by atoms with Crippen LogP contribution in [0.3, 0.4) is 0 Å². The summed E-state index contributed by atoms with van der Waals surface area (Å²) in [6, 6.07) is 11.6. The summed E-state index contributed by atoms with van der Waals surface area (Å²) in [4.78, 5) is 4.34. The summed E-state index contributed by atoms with van der Waals surface area (Å²) >= 11 is 6.83. The van der Waals surface area contributed by atoms with E-state index in [0.717, 1.165) is 11.3 Å². The lowest BCUT2D eigenvalue weighted by molar-refractivity contribution is 0.420. The van der Waals surface area contributed by atoms with Gasteiger partial charge in [0.05, 0.1) is 11.6 Å². The zero-order chi connectivity index (χ0) is 13.0. The van der Waals surface area contributed by atoms with Gasteiger partial charge >= 0.3 is 0 Å². The van der Waals surface area contributed by atoms with E-state index in [1.54, 1.807) is 0 Å². The molecular weight excluding hydrogens is 268 g/mol. The number of aromatic nitrogens is 1. The third-order valence-corrected chi connectivity index (χ3v) is 3.43. The Morgan fingerprint density at radius 2 is 2.11 bits per heavy atom. The van der Waals surface area contributed by atoms with Crippen LogP contribution in [0.15, 0.2) is 41.5 Å². The van der Waals surface area contributed by atoms with Gasteiger partial charge in [-0.1, -0.05) is 30.3 Å². The van der Waals surface area contributed by atoms with Gasteiger partial charge in [-0.25, -0.2) is 4.98 Å². The van der Waals surface area contributed by atoms with Gasteiger partial charge < -0.3 is 5.11 Å². The highest BCUT2D eigenvalue weighted by atomic mass is 35.5. The van der Waals surface area contributed by atoms with Crippen LogP contribution in [0.4, 0.5) is 0 Å². The second-order valence-corrected chi connectivity index (χ2v) is 4.60. The number of thiazole rings is 1. The first-order valence-electron chi connectivity index (χ1n) is 5.15. The van der Waals surface area contributed by atoms with E-state index in [4.69, 9.17) is 16.9 Å². The molecule has 5 heteroatoms. The molecule has 0 aliphatic heterocycles. The third-order valence-electron chi connectivity index (χ3n) is 2.31. The fourth-order valence-electron chi connectivity index (χ4n) is 1.43. The molecule has 0 unspecified atom stereocenters. The molecular formula is C13H9ClN2OS. The minimum absolute atomic E-state index is 0.0941. The van der Waals surface area contributed by atoms with Gasteiger partial charge in [0.25, 0.3) is 0 Å². The van der Waals surface area contributed by atoms with Crippen molar-refractivity contribution in [2.24, 2.45) is 0 Å². The molecule has 1 N–H and O–H groups in total. The number of nitriles is 1. The van der Waals surface area contributed by atoms with Crippen LogP contribution in [-0.4, -0.2) is 16.0 Å². The predicted octanol–water partition coefficient (Wildman–Crippen LogP) is 3.84. The van der Waals surface area contributed by atoms with Crippen LogP contribution in [0.5, 0.6) is 0 Å². The number of hydrogen-bond acceptors (Lipinski definition) is 4. The number of nitrogens with zero attached hydrogens (tertiary/aromatic N) is 2. The molecule has 2 rings (SSSR count). The average molecular weight is 277 g/mol. The summed E-state index contributed by atoms with van der Waals surface area (Å²) in [5, 5.41) is 20.9. The highest BCUT2D eigenvalue weighted by molar-refractivity contribution is 7.11. The Kier molecular flexibility index (Phi) is 3.98. The smallest absolute Gasteiger partial charge is 0.138 e. The zero-order valence-corrected chi connectivity index (χ0v) is 10.9. The molecule has 0 radical (unpaired) electrons. The number of alkyl halides is 1. The van der Waals surface area contributed by atoms with Crippen LogP contribution in [-0.2, 0) is 0 Å². The number of aliphatic hydroxyl groups is 1. The lowest BCUT2D eigenvalue weighted by Crippen LogP contribution is -1.90. The molecule has 0 saturated heterocycles. The molecule has 2 aromatic rings. The topological polar surface area (TPSA) is 56.9 Å². The quantitative estimate of drug-likeness (QED) is 0.526. The number of allylic oxidation sites excluding steroid dienone is 2. The molecule has 0 atom stereocenters. The van der Waals surface area contributed by atoms with Gasteiger partial charge in [-0.15, -0.1) is 22.9 Å². The first kappa shape index (κ1) is 12.6. The van der Waals surface area contributed by atoms with E-state index in [1.165, 1.54) is 11.3 Å². The number of benzene rings is 1. The fourth-order valence-corrected chi connectivity index (χ4v) is 2.41. The number of aliphatic hydroxyl groups excluding tert-OH is 1. The largest absolute Gasteiger partial charge is 0.510 e. The molecule has 0 aliphatic rings. The molecule has 1 heterocycles. The van der Waals surface area contributed by atoms with Crippen LogP contribution in [0.25, 0.3) is 16.8 Å². The van der Waals surface area contributed by atoms with Gasteiger partial charge in [0.1, 0.15) is 22.4 Å². The summed E-state index contributed by atoms with van der Waals surface area (Å²) in [6.45, 7) is 0. The highest BCUT2D eigenvalue weighted by Crippen LogP contribution is 2.27. The van der Waals surface area contributed by atoms with Crippen LogP contribution >= 0.6 is 22.9 Å². The van der Waals surface area contributed by atoms with Crippen LogP contribution in [0.1, 0.15) is 5.01 Å². The van der Waals surface area contributed by atoms with E-state index in [0.29, 0.717) is 5.01 Å². The Morgan fingerprint density at radius 3 is 2.72 bits per heavy atom. The van der Waals surface area contributed by atoms with Gasteiger partial charge in [0.15, 0.2) is 0 Å². The first-order chi connectivity index (χ1) is 8.76. The van der Waals surface area contributed by atoms with Crippen molar-refractivity contribution >= 4 is 28.5 Å². The van der Waals surface area contributed by atoms with Crippen molar-refractivity contribution in [2.75, 3.05) is 5.88 Å². The molecule has 0 spiro atoms. The first-order valence-corrected chi connectivity index (χ1v) is 6.57. The maximum Gasteiger partial charge on any atom is 0.138 e. The molecule has 90 valence electrons. The van der Waals surface area contributed by atoms with Gasteiger partial charge in [-0.3, -0.25) is 0 Å². The Labute approximate surface area is 114 Å². The van der Waals surface area contributed by atoms with Crippen molar-refractivity contribution in [2.45, 2.75) is 0 Å². The summed E-state index contributed by atoms with van der Waals surface area (Å²) < 4.78 is 0. The normalized spacial score (nSPS) is 11.8. The van der Waals surface area contributed by atoms with Gasteiger partial charge in [-0.05, 0) is 0 Å². The SMILES string of the molecule is N#CC(=C(O)CCl)c1nc(-c2ccccc2)cs1. The van der Waals surface area contributed by atoms with Gasteiger partial charge in [0.2, 0.25) is 0 Å². The maximum atomic E-state index is 9.54. The second-order valence-electron chi connectivity index (χ2n) is 3.47. The Hall–Kier alpha value is -1.83. The highest BCUT2D eigenvalue weighted by Gasteiger charge is 2.12. The Balaban J connectivity index is 2.41. The van der Waals surface area contributed by atoms with Crippen LogP contribution < -0.4 is 0 Å². The van der Waals surface area contributed by atoms with Crippen molar-refractivity contribution in [1.29, 1.82) is 5.26 Å². The van der Waals surface area contributed by atoms with E-state index in [1.807, 2.05) is 41.8 Å². The molecule has 18 heavy (non-hydrogen) atoms. The molecule has 0 amide bonds. The second kappa shape index (κ2) is 5.67. The van der Waals surface area contributed by atoms with E-state index in [-0.39, 0.29) is 17.2 Å². The Morgan fingerprint density at radius 1 is 1.39 bits per heavy atom. The monoisotopic (exact) mass is 276 g/mol. The van der Waals surface area contributed by atoms with E-state index < -0.39 is 0 Å². The fraction of sp³-hybridized carbons (Fsp3) is 0.0769. The van der Waals surface area contributed by atoms with Crippen LogP contribution in [0.2, 0.25) is 0 Å². The van der Waals surface area contributed by atoms with Gasteiger partial charge in [0, 0.05) is 10.9 Å². The molecule has 0 bridgehead atoms. The summed E-state index contributed by atoms with van der Waals surface area (Å²) in [6.07, 6.45) is 0. The number of hydrogen-bond donors (Lipinski definition) is 1. The lowest BCUT2D eigenvalue weighted by atomic mass is 10.2.